The van der Waals surface area contributed by atoms with Gasteiger partial charge in [0, 0.05) is 37.3 Å². The third-order valence-corrected chi connectivity index (χ3v) is 5.21. The molecule has 1 N–H and O–H groups in total. The predicted octanol–water partition coefficient (Wildman–Crippen LogP) is 2.42. The molecule has 0 saturated carbocycles. The second-order valence-electron chi connectivity index (χ2n) is 5.88. The van der Waals surface area contributed by atoms with Crippen LogP contribution in [0.2, 0.25) is 0 Å². The molecule has 2 aromatic rings. The Labute approximate surface area is 146 Å². The summed E-state index contributed by atoms with van der Waals surface area (Å²) >= 11 is 1.70. The van der Waals surface area contributed by atoms with Crippen molar-refractivity contribution < 1.29 is 9.47 Å². The highest BCUT2D eigenvalue weighted by molar-refractivity contribution is 7.15. The minimum Gasteiger partial charge on any atom is -0.481 e. The molecule has 3 heterocycles. The van der Waals surface area contributed by atoms with Crippen LogP contribution in [0.4, 0.5) is 5.13 Å². The van der Waals surface area contributed by atoms with Gasteiger partial charge in [-0.2, -0.15) is 0 Å². The zero-order valence-electron chi connectivity index (χ0n) is 14.2. The summed E-state index contributed by atoms with van der Waals surface area (Å²) < 4.78 is 11.2. The number of hydrogen-bond donors (Lipinski definition) is 1. The maximum atomic E-state index is 6.04. The zero-order chi connectivity index (χ0) is 16.9. The number of nitrogens with zero attached hydrogens (tertiary/aromatic N) is 4. The number of anilines is 1. The molecule has 8 heteroatoms. The van der Waals surface area contributed by atoms with Gasteiger partial charge in [0.05, 0.1) is 13.2 Å². The maximum Gasteiger partial charge on any atom is 0.220 e. The van der Waals surface area contributed by atoms with Crippen LogP contribution in [-0.4, -0.2) is 52.7 Å². The second kappa shape index (κ2) is 7.76. The average molecular weight is 349 g/mol. The Kier molecular flexibility index (Phi) is 5.47. The highest BCUT2D eigenvalue weighted by Gasteiger charge is 2.27. The van der Waals surface area contributed by atoms with E-state index in [9.17, 15) is 0 Å². The minimum atomic E-state index is 0.123. The van der Waals surface area contributed by atoms with E-state index in [1.165, 1.54) is 11.2 Å². The van der Waals surface area contributed by atoms with Gasteiger partial charge in [0.25, 0.3) is 0 Å². The van der Waals surface area contributed by atoms with Crippen LogP contribution in [0.25, 0.3) is 0 Å². The van der Waals surface area contributed by atoms with Crippen LogP contribution in [0.1, 0.15) is 24.6 Å². The molecule has 0 spiro atoms. The molecule has 1 aliphatic heterocycles. The van der Waals surface area contributed by atoms with Gasteiger partial charge in [-0.15, -0.1) is 11.3 Å². The van der Waals surface area contributed by atoms with Crippen LogP contribution in [0, 0.1) is 0 Å². The quantitative estimate of drug-likeness (QED) is 0.858. The molecule has 3 rings (SSSR count). The molecular formula is C16H23N5O2S. The third kappa shape index (κ3) is 4.12. The van der Waals surface area contributed by atoms with Crippen LogP contribution in [-0.2, 0) is 6.54 Å². The lowest BCUT2D eigenvalue weighted by atomic mass is 10.0. The fraction of sp³-hybridized carbons (Fsp3) is 0.562. The zero-order valence-corrected chi connectivity index (χ0v) is 15.0. The fourth-order valence-corrected chi connectivity index (χ4v) is 3.62. The topological polar surface area (TPSA) is 72.4 Å². The van der Waals surface area contributed by atoms with Crippen LogP contribution in [0.5, 0.6) is 11.8 Å². The first-order chi connectivity index (χ1) is 11.7. The van der Waals surface area contributed by atoms with Gasteiger partial charge in [0.15, 0.2) is 5.13 Å². The first-order valence-electron chi connectivity index (χ1n) is 8.07. The molecule has 130 valence electrons. The fourth-order valence-electron chi connectivity index (χ4n) is 2.83. The number of aromatic nitrogens is 3. The number of likely N-dealkylation sites (tertiary alicyclic amines) is 1. The van der Waals surface area contributed by atoms with Gasteiger partial charge in [-0.05, 0) is 19.8 Å². The Morgan fingerprint density at radius 1 is 1.29 bits per heavy atom. The third-order valence-electron chi connectivity index (χ3n) is 4.21. The molecule has 2 atom stereocenters. The summed E-state index contributed by atoms with van der Waals surface area (Å²) in [4.78, 5) is 16.2. The van der Waals surface area contributed by atoms with E-state index >= 15 is 0 Å². The van der Waals surface area contributed by atoms with Crippen LogP contribution in [0.15, 0.2) is 18.6 Å². The lowest BCUT2D eigenvalue weighted by molar-refractivity contribution is 0.0488. The second-order valence-corrected chi connectivity index (χ2v) is 6.99. The SMILES string of the molecule is CNc1ncc(CN2CC(Oc3cc(OC)ncn3)CCC2C)s1. The smallest absolute Gasteiger partial charge is 0.220 e. The molecule has 1 saturated heterocycles. The summed E-state index contributed by atoms with van der Waals surface area (Å²) in [6.07, 6.45) is 5.66. The van der Waals surface area contributed by atoms with Crippen molar-refractivity contribution in [2.45, 2.75) is 38.5 Å². The average Bonchev–Trinajstić information content (AvgIpc) is 3.06. The number of piperidine rings is 1. The van der Waals surface area contributed by atoms with Gasteiger partial charge in [0.2, 0.25) is 11.8 Å². The first-order valence-corrected chi connectivity index (χ1v) is 8.88. The summed E-state index contributed by atoms with van der Waals surface area (Å²) in [6, 6.07) is 2.26. The molecule has 0 aliphatic carbocycles. The molecule has 1 aliphatic rings. The van der Waals surface area contributed by atoms with E-state index in [1.807, 2.05) is 13.2 Å². The van der Waals surface area contributed by atoms with Gasteiger partial charge in [0.1, 0.15) is 12.4 Å². The number of thiazole rings is 1. The lowest BCUT2D eigenvalue weighted by Crippen LogP contribution is -2.45. The van der Waals surface area contributed by atoms with E-state index in [4.69, 9.17) is 9.47 Å². The standard InChI is InChI=1S/C16H23N5O2S/c1-11-4-5-12(23-15-6-14(22-3)19-10-20-15)8-21(11)9-13-7-18-16(17-2)24-13/h6-7,10-12H,4-5,8-9H2,1-3H3,(H,17,18). The Balaban J connectivity index is 1.62. The molecule has 2 aromatic heterocycles. The summed E-state index contributed by atoms with van der Waals surface area (Å²) in [5, 5.41) is 4.04. The Morgan fingerprint density at radius 3 is 2.88 bits per heavy atom. The first kappa shape index (κ1) is 16.9. The Morgan fingerprint density at radius 2 is 2.12 bits per heavy atom. The number of nitrogens with one attached hydrogen (secondary N) is 1. The molecule has 7 nitrogen and oxygen atoms in total. The highest BCUT2D eigenvalue weighted by atomic mass is 32.1. The molecule has 0 amide bonds. The van der Waals surface area contributed by atoms with Gasteiger partial charge >= 0.3 is 0 Å². The van der Waals surface area contributed by atoms with Crippen molar-refractivity contribution in [2.24, 2.45) is 0 Å². The molecule has 1 fully saturated rings. The van der Waals surface area contributed by atoms with Crippen molar-refractivity contribution in [3.05, 3.63) is 23.5 Å². The minimum absolute atomic E-state index is 0.123. The van der Waals surface area contributed by atoms with Gasteiger partial charge in [-0.1, -0.05) is 0 Å². The summed E-state index contributed by atoms with van der Waals surface area (Å²) in [5.74, 6) is 1.09. The van der Waals surface area contributed by atoms with E-state index in [2.05, 4.69) is 32.1 Å². The normalized spacial score (nSPS) is 21.5. The molecule has 0 aromatic carbocycles. The van der Waals surface area contributed by atoms with Crippen molar-refractivity contribution in [1.29, 1.82) is 0 Å². The van der Waals surface area contributed by atoms with Gasteiger partial charge in [-0.3, -0.25) is 4.90 Å². The van der Waals surface area contributed by atoms with Crippen LogP contribution >= 0.6 is 11.3 Å². The van der Waals surface area contributed by atoms with E-state index < -0.39 is 0 Å². The van der Waals surface area contributed by atoms with E-state index in [1.54, 1.807) is 24.5 Å². The maximum absolute atomic E-state index is 6.04. The predicted molar refractivity (Wildman–Crippen MR) is 93.8 cm³/mol. The van der Waals surface area contributed by atoms with E-state index in [-0.39, 0.29) is 6.10 Å². The summed E-state index contributed by atoms with van der Waals surface area (Å²) in [5.41, 5.74) is 0. The van der Waals surface area contributed by atoms with Crippen LogP contribution < -0.4 is 14.8 Å². The van der Waals surface area contributed by atoms with E-state index in [0.717, 1.165) is 31.1 Å². The van der Waals surface area contributed by atoms with Crippen LogP contribution in [0.3, 0.4) is 0 Å². The van der Waals surface area contributed by atoms with Crippen molar-refractivity contribution in [3.63, 3.8) is 0 Å². The number of ether oxygens (including phenoxy) is 2. The van der Waals surface area contributed by atoms with Crippen molar-refractivity contribution >= 4 is 16.5 Å². The summed E-state index contributed by atoms with van der Waals surface area (Å²) in [6.45, 7) is 4.04. The summed E-state index contributed by atoms with van der Waals surface area (Å²) in [7, 11) is 3.48. The molecule has 0 radical (unpaired) electrons. The Bertz CT molecular complexity index is 665. The van der Waals surface area contributed by atoms with Crippen molar-refractivity contribution in [3.8, 4) is 11.8 Å². The number of hydrogen-bond acceptors (Lipinski definition) is 8. The number of rotatable bonds is 6. The molecule has 24 heavy (non-hydrogen) atoms. The van der Waals surface area contributed by atoms with Gasteiger partial charge < -0.3 is 14.8 Å². The lowest BCUT2D eigenvalue weighted by Gasteiger charge is -2.37. The highest BCUT2D eigenvalue weighted by Crippen LogP contribution is 2.26. The largest absolute Gasteiger partial charge is 0.481 e. The van der Waals surface area contributed by atoms with Gasteiger partial charge in [-0.25, -0.2) is 15.0 Å². The molecule has 2 unspecified atom stereocenters. The number of methoxy groups -OCH3 is 1. The molecular weight excluding hydrogens is 326 g/mol. The monoisotopic (exact) mass is 349 g/mol. The van der Waals surface area contributed by atoms with Crippen molar-refractivity contribution in [2.75, 3.05) is 26.0 Å². The Hall–Kier alpha value is -1.93. The van der Waals surface area contributed by atoms with Crippen molar-refractivity contribution in [1.82, 2.24) is 19.9 Å². The molecule has 0 bridgehead atoms. The van der Waals surface area contributed by atoms with E-state index in [0.29, 0.717) is 17.8 Å².